The van der Waals surface area contributed by atoms with Gasteiger partial charge in [0.1, 0.15) is 0 Å². The van der Waals surface area contributed by atoms with Gasteiger partial charge in [0, 0.05) is 0 Å². The first-order chi connectivity index (χ1) is 6.22. The van der Waals surface area contributed by atoms with E-state index in [1.165, 1.54) is 0 Å². The first-order valence-electron chi connectivity index (χ1n) is 5.29. The molecule has 1 fully saturated rings. The van der Waals surface area contributed by atoms with Gasteiger partial charge < -0.3 is 0 Å². The van der Waals surface area contributed by atoms with E-state index in [0.29, 0.717) is 25.7 Å². The largest absolute Gasteiger partial charge is 0.394 e. The molecule has 0 radical (unpaired) electrons. The molecule has 1 aliphatic carbocycles. The van der Waals surface area contributed by atoms with E-state index in [1.54, 1.807) is 6.92 Å². The average molecular weight is 208 g/mol. The molecule has 1 saturated carbocycles. The van der Waals surface area contributed by atoms with Crippen molar-refractivity contribution in [1.82, 2.24) is 0 Å². The highest BCUT2D eigenvalue weighted by Gasteiger charge is 2.55. The molecule has 0 aromatic rings. The highest BCUT2D eigenvalue weighted by atomic mass is 19.4. The Morgan fingerprint density at radius 3 is 1.71 bits per heavy atom. The van der Waals surface area contributed by atoms with E-state index < -0.39 is 11.6 Å². The van der Waals surface area contributed by atoms with E-state index in [-0.39, 0.29) is 11.8 Å². The number of halogens is 3. The zero-order chi connectivity index (χ0) is 11.0. The minimum absolute atomic E-state index is 0.101. The predicted molar refractivity (Wildman–Crippen MR) is 51.0 cm³/mol. The summed E-state index contributed by atoms with van der Waals surface area (Å²) in [4.78, 5) is 0. The lowest BCUT2D eigenvalue weighted by Gasteiger charge is -2.44. The van der Waals surface area contributed by atoms with Crippen LogP contribution in [0.25, 0.3) is 0 Å². The van der Waals surface area contributed by atoms with Gasteiger partial charge in [-0.15, -0.1) is 0 Å². The Morgan fingerprint density at radius 1 is 1.00 bits per heavy atom. The molecule has 1 aliphatic rings. The highest BCUT2D eigenvalue weighted by molar-refractivity contribution is 4.92. The van der Waals surface area contributed by atoms with Gasteiger partial charge in [0.25, 0.3) is 0 Å². The van der Waals surface area contributed by atoms with Gasteiger partial charge in [0.2, 0.25) is 0 Å². The Bertz CT molecular complexity index is 193. The molecule has 0 heterocycles. The zero-order valence-corrected chi connectivity index (χ0v) is 9.17. The average Bonchev–Trinajstić information content (AvgIpc) is 2.03. The van der Waals surface area contributed by atoms with Crippen molar-refractivity contribution in [3.8, 4) is 0 Å². The molecule has 0 N–H and O–H groups in total. The van der Waals surface area contributed by atoms with Crippen LogP contribution in [0.3, 0.4) is 0 Å². The number of hydrogen-bond acceptors (Lipinski definition) is 0. The smallest absolute Gasteiger partial charge is 0.171 e. The van der Waals surface area contributed by atoms with Crippen LogP contribution in [0.15, 0.2) is 0 Å². The molecule has 0 unspecified atom stereocenters. The van der Waals surface area contributed by atoms with E-state index in [0.717, 1.165) is 0 Å². The van der Waals surface area contributed by atoms with Crippen molar-refractivity contribution in [2.75, 3.05) is 0 Å². The van der Waals surface area contributed by atoms with Crippen LogP contribution < -0.4 is 0 Å². The van der Waals surface area contributed by atoms with E-state index >= 15 is 0 Å². The first-order valence-corrected chi connectivity index (χ1v) is 5.29. The van der Waals surface area contributed by atoms with Gasteiger partial charge in [-0.05, 0) is 37.5 Å². The lowest BCUT2D eigenvalue weighted by Crippen LogP contribution is -2.42. The molecule has 0 bridgehead atoms. The normalized spacial score (nSPS) is 26.1. The number of rotatable bonds is 1. The van der Waals surface area contributed by atoms with Crippen molar-refractivity contribution < 1.29 is 13.2 Å². The molecule has 14 heavy (non-hydrogen) atoms. The van der Waals surface area contributed by atoms with Crippen molar-refractivity contribution in [1.29, 1.82) is 0 Å². The molecular formula is C11H19F3. The number of alkyl halides is 3. The second-order valence-corrected chi connectivity index (χ2v) is 5.30. The second kappa shape index (κ2) is 3.42. The van der Waals surface area contributed by atoms with Gasteiger partial charge in [-0.1, -0.05) is 20.8 Å². The SMILES string of the molecule is CCC1(C(F)(F)F)CCC(C)(C)CC1. The maximum atomic E-state index is 12.8. The first kappa shape index (κ1) is 11.9. The maximum Gasteiger partial charge on any atom is 0.394 e. The molecular weight excluding hydrogens is 189 g/mol. The zero-order valence-electron chi connectivity index (χ0n) is 9.17. The monoisotopic (exact) mass is 208 g/mol. The van der Waals surface area contributed by atoms with E-state index in [2.05, 4.69) is 13.8 Å². The molecule has 0 amide bonds. The molecule has 0 saturated heterocycles. The summed E-state index contributed by atoms with van der Waals surface area (Å²) in [5.41, 5.74) is -1.29. The molecule has 0 aliphatic heterocycles. The van der Waals surface area contributed by atoms with Crippen LogP contribution in [0.4, 0.5) is 13.2 Å². The fourth-order valence-corrected chi connectivity index (χ4v) is 2.24. The summed E-state index contributed by atoms with van der Waals surface area (Å²) in [5.74, 6) is 0. The van der Waals surface area contributed by atoms with E-state index in [4.69, 9.17) is 0 Å². The summed E-state index contributed by atoms with van der Waals surface area (Å²) >= 11 is 0. The summed E-state index contributed by atoms with van der Waals surface area (Å²) in [7, 11) is 0. The highest BCUT2D eigenvalue weighted by Crippen LogP contribution is 2.54. The Kier molecular flexibility index (Phi) is 2.90. The molecule has 0 atom stereocenters. The van der Waals surface area contributed by atoms with Crippen LogP contribution in [-0.4, -0.2) is 6.18 Å². The molecule has 84 valence electrons. The van der Waals surface area contributed by atoms with Crippen LogP contribution in [-0.2, 0) is 0 Å². The van der Waals surface area contributed by atoms with Crippen LogP contribution in [0.1, 0.15) is 52.9 Å². The van der Waals surface area contributed by atoms with E-state index in [9.17, 15) is 13.2 Å². The topological polar surface area (TPSA) is 0 Å². The third kappa shape index (κ3) is 2.06. The van der Waals surface area contributed by atoms with Gasteiger partial charge >= 0.3 is 6.18 Å². The van der Waals surface area contributed by atoms with Gasteiger partial charge in [-0.2, -0.15) is 13.2 Å². The molecule has 0 aromatic heterocycles. The minimum atomic E-state index is -4.02. The van der Waals surface area contributed by atoms with Crippen LogP contribution in [0, 0.1) is 10.8 Å². The summed E-state index contributed by atoms with van der Waals surface area (Å²) in [5, 5.41) is 0. The van der Waals surface area contributed by atoms with E-state index in [1.807, 2.05) is 0 Å². The standard InChI is InChI=1S/C11H19F3/c1-4-10(11(12,13)14)7-5-9(2,3)6-8-10/h4-8H2,1-3H3. The summed E-state index contributed by atoms with van der Waals surface area (Å²) < 4.78 is 38.5. The Balaban J connectivity index is 2.77. The predicted octanol–water partition coefficient (Wildman–Crippen LogP) is 4.55. The van der Waals surface area contributed by atoms with Crippen LogP contribution in [0.2, 0.25) is 0 Å². The molecule has 3 heteroatoms. The minimum Gasteiger partial charge on any atom is -0.171 e. The second-order valence-electron chi connectivity index (χ2n) is 5.30. The van der Waals surface area contributed by atoms with Crippen molar-refractivity contribution >= 4 is 0 Å². The van der Waals surface area contributed by atoms with Crippen molar-refractivity contribution in [2.24, 2.45) is 10.8 Å². The Hall–Kier alpha value is -0.210. The van der Waals surface area contributed by atoms with Crippen LogP contribution >= 0.6 is 0 Å². The quantitative estimate of drug-likeness (QED) is 0.593. The molecule has 1 rings (SSSR count). The van der Waals surface area contributed by atoms with Crippen molar-refractivity contribution in [3.63, 3.8) is 0 Å². The third-order valence-corrected chi connectivity index (χ3v) is 3.84. The molecule has 0 spiro atoms. The number of hydrogen-bond donors (Lipinski definition) is 0. The maximum absolute atomic E-state index is 12.8. The fraction of sp³-hybridized carbons (Fsp3) is 1.00. The lowest BCUT2D eigenvalue weighted by molar-refractivity contribution is -0.241. The lowest BCUT2D eigenvalue weighted by atomic mass is 9.63. The van der Waals surface area contributed by atoms with Gasteiger partial charge in [-0.3, -0.25) is 0 Å². The van der Waals surface area contributed by atoms with Crippen LogP contribution in [0.5, 0.6) is 0 Å². The third-order valence-electron chi connectivity index (χ3n) is 3.84. The molecule has 0 nitrogen and oxygen atoms in total. The summed E-state index contributed by atoms with van der Waals surface area (Å²) in [6, 6.07) is 0. The van der Waals surface area contributed by atoms with Gasteiger partial charge in [0.15, 0.2) is 0 Å². The van der Waals surface area contributed by atoms with Gasteiger partial charge in [-0.25, -0.2) is 0 Å². The molecule has 0 aromatic carbocycles. The fourth-order valence-electron chi connectivity index (χ4n) is 2.24. The van der Waals surface area contributed by atoms with Gasteiger partial charge in [0.05, 0.1) is 5.41 Å². The Labute approximate surface area is 83.9 Å². The van der Waals surface area contributed by atoms with Crippen molar-refractivity contribution in [2.45, 2.75) is 59.1 Å². The van der Waals surface area contributed by atoms with Crippen molar-refractivity contribution in [3.05, 3.63) is 0 Å². The Morgan fingerprint density at radius 2 is 1.43 bits per heavy atom. The summed E-state index contributed by atoms with van der Waals surface area (Å²) in [6.07, 6.45) is -1.79. The summed E-state index contributed by atoms with van der Waals surface area (Å²) in [6.45, 7) is 5.78.